The first-order valence-electron chi connectivity index (χ1n) is 4.60. The molecule has 0 heterocycles. The van der Waals surface area contributed by atoms with Crippen molar-refractivity contribution in [2.45, 2.75) is 0 Å². The third-order valence-electron chi connectivity index (χ3n) is 2.21. The maximum Gasteiger partial charge on any atom is 0.174 e. The maximum absolute atomic E-state index is 8.45. The summed E-state index contributed by atoms with van der Waals surface area (Å²) < 4.78 is 5.31. The number of ether oxygens (including phenoxy) is 1. The molecule has 2 aromatic carbocycles. The third-order valence-corrected chi connectivity index (χ3v) is 2.21. The van der Waals surface area contributed by atoms with Crippen molar-refractivity contribution in [3.63, 3.8) is 0 Å². The lowest BCUT2D eigenvalue weighted by molar-refractivity contribution is 0.372. The van der Waals surface area contributed by atoms with E-state index in [2.05, 4.69) is 0 Å². The second-order valence-corrected chi connectivity index (χ2v) is 3.15. The Balaban J connectivity index is 2.57. The fourth-order valence-electron chi connectivity index (χ4n) is 1.53. The minimum atomic E-state index is 0.0495. The average Bonchev–Trinajstić information content (AvgIpc) is 2.29. The number of nitrogens with two attached hydrogens (primary N) is 1. The van der Waals surface area contributed by atoms with Crippen LogP contribution in [-0.4, -0.2) is 6.61 Å². The van der Waals surface area contributed by atoms with E-state index in [4.69, 9.17) is 15.7 Å². The molecule has 0 aliphatic rings. The highest BCUT2D eigenvalue weighted by atomic mass is 16.5. The van der Waals surface area contributed by atoms with Gasteiger partial charge >= 0.3 is 0 Å². The van der Waals surface area contributed by atoms with Crippen molar-refractivity contribution in [1.82, 2.24) is 0 Å². The van der Waals surface area contributed by atoms with Gasteiger partial charge in [0.1, 0.15) is 11.8 Å². The number of anilines is 1. The first-order chi connectivity index (χ1) is 7.33. The van der Waals surface area contributed by atoms with E-state index in [9.17, 15) is 0 Å². The van der Waals surface area contributed by atoms with Gasteiger partial charge < -0.3 is 10.5 Å². The summed E-state index contributed by atoms with van der Waals surface area (Å²) >= 11 is 0. The largest absolute Gasteiger partial charge is 0.478 e. The zero-order chi connectivity index (χ0) is 10.7. The van der Waals surface area contributed by atoms with Crippen molar-refractivity contribution in [2.75, 3.05) is 12.3 Å². The molecule has 0 aliphatic heterocycles. The fraction of sp³-hybridized carbons (Fsp3) is 0.0833. The Hall–Kier alpha value is -2.21. The number of nitriles is 1. The molecule has 0 saturated heterocycles. The Morgan fingerprint density at radius 2 is 1.87 bits per heavy atom. The summed E-state index contributed by atoms with van der Waals surface area (Å²) in [5.74, 6) is 0.696. The molecule has 2 rings (SSSR count). The van der Waals surface area contributed by atoms with Gasteiger partial charge in [-0.1, -0.05) is 24.3 Å². The van der Waals surface area contributed by atoms with Crippen LogP contribution in [0.3, 0.4) is 0 Å². The lowest BCUT2D eigenvalue weighted by atomic mass is 10.1. The summed E-state index contributed by atoms with van der Waals surface area (Å²) in [5, 5.41) is 10.3. The molecule has 2 N–H and O–H groups in total. The van der Waals surface area contributed by atoms with Gasteiger partial charge in [-0.05, 0) is 12.1 Å². The highest BCUT2D eigenvalue weighted by Crippen LogP contribution is 2.29. The molecule has 0 aromatic heterocycles. The zero-order valence-corrected chi connectivity index (χ0v) is 8.10. The summed E-state index contributed by atoms with van der Waals surface area (Å²) in [5.41, 5.74) is 6.55. The molecule has 0 spiro atoms. The maximum atomic E-state index is 8.45. The SMILES string of the molecule is N#CCOc1ccc(N)c2ccccc12. The minimum absolute atomic E-state index is 0.0495. The molecule has 74 valence electrons. The molecular formula is C12H10N2O. The van der Waals surface area contributed by atoms with Gasteiger partial charge in [0, 0.05) is 16.5 Å². The van der Waals surface area contributed by atoms with E-state index in [0.29, 0.717) is 5.75 Å². The highest BCUT2D eigenvalue weighted by molar-refractivity contribution is 5.96. The summed E-state index contributed by atoms with van der Waals surface area (Å²) in [6, 6.07) is 13.2. The Bertz CT molecular complexity index is 529. The highest BCUT2D eigenvalue weighted by Gasteiger charge is 2.03. The summed E-state index contributed by atoms with van der Waals surface area (Å²) in [4.78, 5) is 0. The number of hydrogen-bond acceptors (Lipinski definition) is 3. The van der Waals surface area contributed by atoms with E-state index in [1.54, 1.807) is 12.1 Å². The second-order valence-electron chi connectivity index (χ2n) is 3.15. The van der Waals surface area contributed by atoms with E-state index in [-0.39, 0.29) is 6.61 Å². The van der Waals surface area contributed by atoms with Crippen molar-refractivity contribution in [3.8, 4) is 11.8 Å². The number of nitrogens with zero attached hydrogens (tertiary/aromatic N) is 1. The van der Waals surface area contributed by atoms with Crippen molar-refractivity contribution < 1.29 is 4.74 Å². The molecule has 0 fully saturated rings. The number of rotatable bonds is 2. The van der Waals surface area contributed by atoms with Gasteiger partial charge in [0.25, 0.3) is 0 Å². The van der Waals surface area contributed by atoms with Crippen LogP contribution in [0.5, 0.6) is 5.75 Å². The van der Waals surface area contributed by atoms with Gasteiger partial charge in [-0.3, -0.25) is 0 Å². The van der Waals surface area contributed by atoms with Crippen LogP contribution in [0.25, 0.3) is 10.8 Å². The van der Waals surface area contributed by atoms with Crippen LogP contribution in [0.1, 0.15) is 0 Å². The molecular weight excluding hydrogens is 188 g/mol. The van der Waals surface area contributed by atoms with Gasteiger partial charge in [0.05, 0.1) is 0 Å². The first-order valence-corrected chi connectivity index (χ1v) is 4.60. The Kier molecular flexibility index (Phi) is 2.42. The summed E-state index contributed by atoms with van der Waals surface area (Å²) in [6.07, 6.45) is 0. The van der Waals surface area contributed by atoms with Gasteiger partial charge in [-0.2, -0.15) is 5.26 Å². The molecule has 0 atom stereocenters. The van der Waals surface area contributed by atoms with Crippen LogP contribution in [-0.2, 0) is 0 Å². The summed E-state index contributed by atoms with van der Waals surface area (Å²) in [7, 11) is 0. The third kappa shape index (κ3) is 1.70. The van der Waals surface area contributed by atoms with Gasteiger partial charge in [-0.25, -0.2) is 0 Å². The van der Waals surface area contributed by atoms with Gasteiger partial charge in [-0.15, -0.1) is 0 Å². The van der Waals surface area contributed by atoms with E-state index in [1.165, 1.54) is 0 Å². The number of fused-ring (bicyclic) bond motifs is 1. The van der Waals surface area contributed by atoms with Crippen molar-refractivity contribution in [1.29, 1.82) is 5.26 Å². The van der Waals surface area contributed by atoms with Crippen LogP contribution in [0.4, 0.5) is 5.69 Å². The van der Waals surface area contributed by atoms with Crippen molar-refractivity contribution in [3.05, 3.63) is 36.4 Å². The molecule has 0 saturated carbocycles. The average molecular weight is 198 g/mol. The number of hydrogen-bond donors (Lipinski definition) is 1. The number of nitrogen functional groups attached to an aromatic ring is 1. The van der Waals surface area contributed by atoms with Gasteiger partial charge in [0.15, 0.2) is 6.61 Å². The lowest BCUT2D eigenvalue weighted by Gasteiger charge is -2.07. The fourth-order valence-corrected chi connectivity index (χ4v) is 1.53. The number of benzene rings is 2. The first kappa shape index (κ1) is 9.35. The smallest absolute Gasteiger partial charge is 0.174 e. The van der Waals surface area contributed by atoms with Gasteiger partial charge in [0.2, 0.25) is 0 Å². The topological polar surface area (TPSA) is 59.0 Å². The van der Waals surface area contributed by atoms with E-state index >= 15 is 0 Å². The predicted molar refractivity (Wildman–Crippen MR) is 59.5 cm³/mol. The molecule has 0 radical (unpaired) electrons. The van der Waals surface area contributed by atoms with Crippen molar-refractivity contribution in [2.24, 2.45) is 0 Å². The van der Waals surface area contributed by atoms with Crippen molar-refractivity contribution >= 4 is 16.5 Å². The van der Waals surface area contributed by atoms with Crippen LogP contribution < -0.4 is 10.5 Å². The van der Waals surface area contributed by atoms with E-state index < -0.39 is 0 Å². The molecule has 3 nitrogen and oxygen atoms in total. The molecule has 2 aromatic rings. The van der Waals surface area contributed by atoms with Crippen LogP contribution >= 0.6 is 0 Å². The summed E-state index contributed by atoms with van der Waals surface area (Å²) in [6.45, 7) is 0.0495. The van der Waals surface area contributed by atoms with Crippen LogP contribution in [0.15, 0.2) is 36.4 Å². The zero-order valence-electron chi connectivity index (χ0n) is 8.10. The van der Waals surface area contributed by atoms with E-state index in [1.807, 2.05) is 30.3 Å². The quantitative estimate of drug-likeness (QED) is 0.753. The standard InChI is InChI=1S/C12H10N2O/c13-7-8-15-12-6-5-11(14)9-3-1-2-4-10(9)12/h1-6H,8,14H2. The molecule has 0 unspecified atom stereocenters. The Morgan fingerprint density at radius 1 is 1.13 bits per heavy atom. The Labute approximate surface area is 87.7 Å². The second kappa shape index (κ2) is 3.89. The minimum Gasteiger partial charge on any atom is -0.478 e. The van der Waals surface area contributed by atoms with E-state index in [0.717, 1.165) is 16.5 Å². The molecule has 0 aliphatic carbocycles. The molecule has 0 bridgehead atoms. The van der Waals surface area contributed by atoms with Crippen LogP contribution in [0.2, 0.25) is 0 Å². The predicted octanol–water partition coefficient (Wildman–Crippen LogP) is 2.32. The monoisotopic (exact) mass is 198 g/mol. The lowest BCUT2D eigenvalue weighted by Crippen LogP contribution is -1.95. The molecule has 0 amide bonds. The normalized spacial score (nSPS) is 9.80. The molecule has 15 heavy (non-hydrogen) atoms. The molecule has 3 heteroatoms. The Morgan fingerprint density at radius 3 is 2.60 bits per heavy atom. The van der Waals surface area contributed by atoms with Crippen LogP contribution in [0, 0.1) is 11.3 Å².